The van der Waals surface area contributed by atoms with Crippen LogP contribution in [-0.4, -0.2) is 23.5 Å². The maximum atomic E-state index is 12.7. The monoisotopic (exact) mass is 186 g/mol. The number of halogens is 2. The number of carbonyl (C=O) groups is 1. The van der Waals surface area contributed by atoms with Gasteiger partial charge >= 0.3 is 7.12 Å². The van der Waals surface area contributed by atoms with E-state index >= 15 is 0 Å². The van der Waals surface area contributed by atoms with E-state index in [0.29, 0.717) is 6.07 Å². The third-order valence-corrected chi connectivity index (χ3v) is 1.52. The van der Waals surface area contributed by atoms with Gasteiger partial charge in [0, 0.05) is 17.1 Å². The minimum atomic E-state index is -2.06. The highest BCUT2D eigenvalue weighted by Gasteiger charge is 2.19. The van der Waals surface area contributed by atoms with Crippen LogP contribution in [0.4, 0.5) is 8.78 Å². The third kappa shape index (κ3) is 1.91. The average Bonchev–Trinajstić information content (AvgIpc) is 2.03. The van der Waals surface area contributed by atoms with Gasteiger partial charge in [0.25, 0.3) is 0 Å². The Labute approximate surface area is 72.8 Å². The van der Waals surface area contributed by atoms with Gasteiger partial charge in [0.2, 0.25) is 0 Å². The summed E-state index contributed by atoms with van der Waals surface area (Å²) in [6, 6.07) is 1.18. The fraction of sp³-hybridized carbons (Fsp3) is 0. The first kappa shape index (κ1) is 9.82. The number of benzene rings is 1. The van der Waals surface area contributed by atoms with Crippen LogP contribution in [0.15, 0.2) is 12.1 Å². The number of carbonyl (C=O) groups excluding carboxylic acids is 1. The van der Waals surface area contributed by atoms with Crippen molar-refractivity contribution in [1.29, 1.82) is 0 Å². The molecular weight excluding hydrogens is 181 g/mol. The van der Waals surface area contributed by atoms with E-state index in [1.165, 1.54) is 0 Å². The highest BCUT2D eigenvalue weighted by atomic mass is 19.1. The van der Waals surface area contributed by atoms with Gasteiger partial charge in [-0.2, -0.15) is 0 Å². The smallest absolute Gasteiger partial charge is 0.423 e. The lowest BCUT2D eigenvalue weighted by Gasteiger charge is -2.02. The number of aldehydes is 1. The van der Waals surface area contributed by atoms with Crippen molar-refractivity contribution in [2.75, 3.05) is 0 Å². The van der Waals surface area contributed by atoms with Crippen LogP contribution in [0.5, 0.6) is 0 Å². The molecule has 0 bridgehead atoms. The second kappa shape index (κ2) is 3.63. The molecule has 0 spiro atoms. The van der Waals surface area contributed by atoms with Crippen LogP contribution in [0.2, 0.25) is 0 Å². The molecule has 0 radical (unpaired) electrons. The molecular formula is C7H5BF2O3. The Morgan fingerprint density at radius 2 is 1.85 bits per heavy atom. The van der Waals surface area contributed by atoms with Crippen LogP contribution >= 0.6 is 0 Å². The van der Waals surface area contributed by atoms with Gasteiger partial charge in [-0.05, 0) is 6.07 Å². The van der Waals surface area contributed by atoms with Gasteiger partial charge in [-0.1, -0.05) is 0 Å². The van der Waals surface area contributed by atoms with Crippen molar-refractivity contribution in [3.63, 3.8) is 0 Å². The van der Waals surface area contributed by atoms with Crippen LogP contribution in [0, 0.1) is 11.6 Å². The van der Waals surface area contributed by atoms with Crippen molar-refractivity contribution in [2.24, 2.45) is 0 Å². The lowest BCUT2D eigenvalue weighted by Crippen LogP contribution is -2.33. The summed E-state index contributed by atoms with van der Waals surface area (Å²) in [6.45, 7) is 0. The van der Waals surface area contributed by atoms with Crippen molar-refractivity contribution >= 4 is 18.9 Å². The largest absolute Gasteiger partial charge is 0.491 e. The zero-order chi connectivity index (χ0) is 10.0. The first-order valence-electron chi connectivity index (χ1n) is 3.36. The van der Waals surface area contributed by atoms with Gasteiger partial charge in [-0.25, -0.2) is 8.78 Å². The topological polar surface area (TPSA) is 57.5 Å². The average molecular weight is 186 g/mol. The van der Waals surface area contributed by atoms with Crippen LogP contribution < -0.4 is 5.46 Å². The zero-order valence-electron chi connectivity index (χ0n) is 6.37. The summed E-state index contributed by atoms with van der Waals surface area (Å²) in [5, 5.41) is 17.2. The second-order valence-electron chi connectivity index (χ2n) is 2.39. The molecule has 6 heteroatoms. The first-order chi connectivity index (χ1) is 6.06. The SMILES string of the molecule is O=Cc1cc(B(O)O)c(F)cc1F. The summed E-state index contributed by atoms with van der Waals surface area (Å²) >= 11 is 0. The van der Waals surface area contributed by atoms with E-state index in [9.17, 15) is 13.6 Å². The Morgan fingerprint density at radius 1 is 1.23 bits per heavy atom. The molecule has 0 atom stereocenters. The molecule has 0 amide bonds. The molecule has 3 nitrogen and oxygen atoms in total. The van der Waals surface area contributed by atoms with Gasteiger partial charge in [0.05, 0.1) is 0 Å². The van der Waals surface area contributed by atoms with Gasteiger partial charge in [0.15, 0.2) is 6.29 Å². The maximum Gasteiger partial charge on any atom is 0.491 e. The summed E-state index contributed by atoms with van der Waals surface area (Å²) in [7, 11) is -2.06. The lowest BCUT2D eigenvalue weighted by molar-refractivity contribution is 0.112. The van der Waals surface area contributed by atoms with Crippen molar-refractivity contribution in [2.45, 2.75) is 0 Å². The Hall–Kier alpha value is -1.27. The third-order valence-electron chi connectivity index (χ3n) is 1.52. The van der Waals surface area contributed by atoms with E-state index in [-0.39, 0.29) is 6.29 Å². The van der Waals surface area contributed by atoms with Crippen LogP contribution in [-0.2, 0) is 0 Å². The van der Waals surface area contributed by atoms with Crippen molar-refractivity contribution in [1.82, 2.24) is 0 Å². The molecule has 13 heavy (non-hydrogen) atoms. The Morgan fingerprint density at radius 3 is 2.31 bits per heavy atom. The molecule has 1 aromatic carbocycles. The Kier molecular flexibility index (Phi) is 2.74. The van der Waals surface area contributed by atoms with E-state index in [1.54, 1.807) is 0 Å². The minimum Gasteiger partial charge on any atom is -0.423 e. The van der Waals surface area contributed by atoms with E-state index in [2.05, 4.69) is 0 Å². The van der Waals surface area contributed by atoms with E-state index in [1.807, 2.05) is 0 Å². The predicted octanol–water partition coefficient (Wildman–Crippen LogP) is -0.543. The number of hydrogen-bond donors (Lipinski definition) is 2. The molecule has 0 saturated carbocycles. The van der Waals surface area contributed by atoms with Gasteiger partial charge in [-0.15, -0.1) is 0 Å². The van der Waals surface area contributed by atoms with Crippen molar-refractivity contribution < 1.29 is 23.6 Å². The molecule has 1 rings (SSSR count). The summed E-state index contributed by atoms with van der Waals surface area (Å²) in [5.74, 6) is -2.13. The van der Waals surface area contributed by atoms with Crippen LogP contribution in [0.1, 0.15) is 10.4 Å². The van der Waals surface area contributed by atoms with Gasteiger partial charge in [0.1, 0.15) is 11.6 Å². The van der Waals surface area contributed by atoms with E-state index in [4.69, 9.17) is 10.0 Å². The summed E-state index contributed by atoms with van der Waals surface area (Å²) in [4.78, 5) is 10.2. The van der Waals surface area contributed by atoms with Crippen LogP contribution in [0.25, 0.3) is 0 Å². The van der Waals surface area contributed by atoms with Crippen molar-refractivity contribution in [3.05, 3.63) is 29.3 Å². The predicted molar refractivity (Wildman–Crippen MR) is 41.6 cm³/mol. The first-order valence-corrected chi connectivity index (χ1v) is 3.36. The Balaban J connectivity index is 3.30. The molecule has 2 N–H and O–H groups in total. The molecule has 0 aliphatic rings. The summed E-state index contributed by atoms with van der Waals surface area (Å²) < 4.78 is 25.4. The molecule has 0 aromatic heterocycles. The van der Waals surface area contributed by atoms with E-state index in [0.717, 1.165) is 6.07 Å². The van der Waals surface area contributed by atoms with Gasteiger partial charge in [-0.3, -0.25) is 4.79 Å². The standard InChI is InChI=1S/C7H5BF2O3/c9-6-2-7(10)5(8(12)13)1-4(6)3-11/h1-3,12-13H. The maximum absolute atomic E-state index is 12.7. The normalized spacial score (nSPS) is 9.85. The molecule has 68 valence electrons. The quantitative estimate of drug-likeness (QED) is 0.481. The number of rotatable bonds is 2. The Bertz CT molecular complexity index is 341. The fourth-order valence-corrected chi connectivity index (χ4v) is 0.872. The van der Waals surface area contributed by atoms with Crippen molar-refractivity contribution in [3.8, 4) is 0 Å². The molecule has 0 saturated heterocycles. The molecule has 0 unspecified atom stereocenters. The zero-order valence-corrected chi connectivity index (χ0v) is 6.37. The summed E-state index contributed by atoms with van der Waals surface area (Å²) in [5.41, 5.74) is -0.937. The highest BCUT2D eigenvalue weighted by molar-refractivity contribution is 6.58. The minimum absolute atomic E-state index is 0.167. The van der Waals surface area contributed by atoms with Crippen LogP contribution in [0.3, 0.4) is 0 Å². The second-order valence-corrected chi connectivity index (χ2v) is 2.39. The highest BCUT2D eigenvalue weighted by Crippen LogP contribution is 2.05. The molecule has 0 fully saturated rings. The van der Waals surface area contributed by atoms with Gasteiger partial charge < -0.3 is 10.0 Å². The molecule has 0 aliphatic carbocycles. The molecule has 1 aromatic rings. The lowest BCUT2D eigenvalue weighted by atomic mass is 9.79. The summed E-state index contributed by atoms with van der Waals surface area (Å²) in [6.07, 6.45) is 0.167. The molecule has 0 aliphatic heterocycles. The fourth-order valence-electron chi connectivity index (χ4n) is 0.872. The molecule has 0 heterocycles. The number of hydrogen-bond acceptors (Lipinski definition) is 3. The van der Waals surface area contributed by atoms with E-state index < -0.39 is 29.8 Å².